The van der Waals surface area contributed by atoms with Crippen LogP contribution in [-0.4, -0.2) is 34.4 Å². The van der Waals surface area contributed by atoms with E-state index in [9.17, 15) is 9.90 Å². The Labute approximate surface area is 253 Å². The minimum atomic E-state index is -0.909. The molecule has 1 aromatic rings. The van der Waals surface area contributed by atoms with Crippen LogP contribution < -0.4 is 0 Å². The van der Waals surface area contributed by atoms with Crippen molar-refractivity contribution in [1.29, 1.82) is 0 Å². The molecule has 1 N–H and O–H groups in total. The molecule has 0 heterocycles. The number of nitrogens with zero attached hydrogens (tertiary/aromatic N) is 2. The Balaban J connectivity index is 2.58. The summed E-state index contributed by atoms with van der Waals surface area (Å²) < 4.78 is 0. The van der Waals surface area contributed by atoms with E-state index in [4.69, 9.17) is 28.2 Å². The van der Waals surface area contributed by atoms with Gasteiger partial charge in [-0.05, 0) is 112 Å². The van der Waals surface area contributed by atoms with Crippen molar-refractivity contribution in [2.24, 2.45) is 21.7 Å². The minimum Gasteiger partial charge on any atom is -0.478 e. The van der Waals surface area contributed by atoms with Crippen LogP contribution in [0.3, 0.4) is 0 Å². The van der Waals surface area contributed by atoms with Crippen molar-refractivity contribution in [1.82, 2.24) is 4.90 Å². The topological polar surface area (TPSA) is 52.9 Å². The monoisotopic (exact) mass is 588 g/mol. The lowest BCUT2D eigenvalue weighted by molar-refractivity contribution is 0.00561. The first-order valence-electron chi connectivity index (χ1n) is 14.4. The molecule has 1 saturated carbocycles. The predicted octanol–water partition coefficient (Wildman–Crippen LogP) is 10.4. The summed E-state index contributed by atoms with van der Waals surface area (Å²) in [4.78, 5) is 19.4. The number of allylic oxidation sites excluding steroid dienone is 5. The molecule has 0 radical (unpaired) electrons. The normalized spacial score (nSPS) is 22.4. The maximum Gasteiger partial charge on any atom is 0.335 e. The summed E-state index contributed by atoms with van der Waals surface area (Å²) in [5.41, 5.74) is 3.04. The number of aromatic carboxylic acids is 1. The molecule has 0 aliphatic heterocycles. The fraction of sp³-hybridized carbons (Fsp3) is 0.588. The molecule has 1 unspecified atom stereocenters. The van der Waals surface area contributed by atoms with Crippen molar-refractivity contribution in [3.63, 3.8) is 0 Å². The third-order valence-corrected chi connectivity index (χ3v) is 8.66. The zero-order valence-corrected chi connectivity index (χ0v) is 27.6. The van der Waals surface area contributed by atoms with Gasteiger partial charge in [0.05, 0.1) is 5.56 Å². The molecule has 0 spiro atoms. The summed E-state index contributed by atoms with van der Waals surface area (Å²) in [6, 6.07) is 7.46. The van der Waals surface area contributed by atoms with E-state index in [1.807, 2.05) is 25.1 Å². The Morgan fingerprint density at radius 2 is 1.65 bits per heavy atom. The Morgan fingerprint density at radius 1 is 1.10 bits per heavy atom. The predicted molar refractivity (Wildman–Crippen MR) is 173 cm³/mol. The molecule has 1 aromatic carbocycles. The highest BCUT2D eigenvalue weighted by atomic mass is 35.5. The fourth-order valence-electron chi connectivity index (χ4n) is 5.67. The van der Waals surface area contributed by atoms with Crippen molar-refractivity contribution in [3.05, 3.63) is 69.8 Å². The first-order valence-corrected chi connectivity index (χ1v) is 15.1. The number of carboxylic acid groups (broad SMARTS) is 1. The van der Waals surface area contributed by atoms with E-state index in [1.54, 1.807) is 25.1 Å². The van der Waals surface area contributed by atoms with Crippen LogP contribution in [0.25, 0.3) is 0 Å². The SMILES string of the molecule is C=C(/C=C(Cl)\C=C(/C)Cl)/C(C)=N/C1(N(C)C(CCC(C)(C)C)c2ccc(C(=O)O)cc2)CCC(C(C)(C)C)CC1. The Morgan fingerprint density at radius 3 is 2.10 bits per heavy atom. The highest BCUT2D eigenvalue weighted by molar-refractivity contribution is 6.34. The second-order valence-electron chi connectivity index (χ2n) is 13.8. The van der Waals surface area contributed by atoms with Crippen LogP contribution in [-0.2, 0) is 0 Å². The third-order valence-electron chi connectivity index (χ3n) is 8.33. The number of carbonyl (C=O) groups is 1. The van der Waals surface area contributed by atoms with Gasteiger partial charge in [-0.3, -0.25) is 9.89 Å². The summed E-state index contributed by atoms with van der Waals surface area (Å²) in [5.74, 6) is -0.283. The molecule has 2 rings (SSSR count). The van der Waals surface area contributed by atoms with E-state index in [0.717, 1.165) is 55.4 Å². The summed E-state index contributed by atoms with van der Waals surface area (Å²) in [6.45, 7) is 21.9. The first kappa shape index (κ1) is 34.3. The highest BCUT2D eigenvalue weighted by Crippen LogP contribution is 2.47. The average Bonchev–Trinajstić information content (AvgIpc) is 2.82. The quantitative estimate of drug-likeness (QED) is 0.218. The van der Waals surface area contributed by atoms with Gasteiger partial charge in [0, 0.05) is 21.8 Å². The van der Waals surface area contributed by atoms with Crippen molar-refractivity contribution in [3.8, 4) is 0 Å². The first-order chi connectivity index (χ1) is 18.3. The Hall–Kier alpha value is -1.88. The van der Waals surface area contributed by atoms with E-state index < -0.39 is 11.6 Å². The van der Waals surface area contributed by atoms with Crippen molar-refractivity contribution >= 4 is 34.9 Å². The fourth-order valence-corrected chi connectivity index (χ4v) is 6.14. The largest absolute Gasteiger partial charge is 0.478 e. The van der Waals surface area contributed by atoms with Gasteiger partial charge in [0.2, 0.25) is 0 Å². The summed E-state index contributed by atoms with van der Waals surface area (Å²) >= 11 is 12.4. The number of carboxylic acids is 1. The number of hydrogen-bond acceptors (Lipinski definition) is 3. The summed E-state index contributed by atoms with van der Waals surface area (Å²) in [7, 11) is 2.19. The Kier molecular flexibility index (Phi) is 11.9. The van der Waals surface area contributed by atoms with Crippen molar-refractivity contribution in [2.75, 3.05) is 7.05 Å². The van der Waals surface area contributed by atoms with Gasteiger partial charge >= 0.3 is 5.97 Å². The third kappa shape index (κ3) is 9.89. The zero-order chi connectivity index (χ0) is 30.5. The lowest BCUT2D eigenvalue weighted by Gasteiger charge is -2.49. The summed E-state index contributed by atoms with van der Waals surface area (Å²) in [6.07, 6.45) is 9.56. The molecule has 0 aromatic heterocycles. The van der Waals surface area contributed by atoms with Gasteiger partial charge in [0.15, 0.2) is 0 Å². The number of hydrogen-bond donors (Lipinski definition) is 1. The molecule has 0 bridgehead atoms. The minimum absolute atomic E-state index is 0.0824. The van der Waals surface area contributed by atoms with Crippen molar-refractivity contribution < 1.29 is 9.90 Å². The molecule has 222 valence electrons. The standard InChI is InChI=1S/C34H50Cl2N2O2/c1-23(21-29(36)22-24(2)35)25(3)37-34(19-15-28(16-20-34)33(7,8)9)38(10)30(17-18-32(4,5)6)26-11-13-27(14-12-26)31(39)40/h11-14,21-22,28,30H,1,15-20H2,2-10H3,(H,39,40)/b24-22+,29-21+,37-25+. The summed E-state index contributed by atoms with van der Waals surface area (Å²) in [5, 5.41) is 10.6. The second kappa shape index (κ2) is 13.9. The number of aliphatic imine (C=N–C) groups is 1. The van der Waals surface area contributed by atoms with Gasteiger partial charge in [-0.25, -0.2) is 4.79 Å². The van der Waals surface area contributed by atoms with Gasteiger partial charge in [0.25, 0.3) is 0 Å². The van der Waals surface area contributed by atoms with Crippen LogP contribution in [0.2, 0.25) is 0 Å². The van der Waals surface area contributed by atoms with E-state index in [-0.39, 0.29) is 16.9 Å². The molecule has 6 heteroatoms. The van der Waals surface area contributed by atoms with E-state index in [1.165, 1.54) is 0 Å². The maximum absolute atomic E-state index is 11.5. The second-order valence-corrected chi connectivity index (χ2v) is 14.8. The van der Waals surface area contributed by atoms with Crippen molar-refractivity contribution in [2.45, 2.75) is 106 Å². The molecular formula is C34H50Cl2N2O2. The molecule has 4 nitrogen and oxygen atoms in total. The molecule has 40 heavy (non-hydrogen) atoms. The van der Waals surface area contributed by atoms with Gasteiger partial charge in [0.1, 0.15) is 5.66 Å². The number of rotatable bonds is 10. The zero-order valence-electron chi connectivity index (χ0n) is 26.1. The van der Waals surface area contributed by atoms with Crippen LogP contribution >= 0.6 is 23.2 Å². The lowest BCUT2D eigenvalue weighted by Crippen LogP contribution is -2.50. The Bertz CT molecular complexity index is 1120. The highest BCUT2D eigenvalue weighted by Gasteiger charge is 2.44. The van der Waals surface area contributed by atoms with Crippen LogP contribution in [0.15, 0.2) is 63.6 Å². The smallest absolute Gasteiger partial charge is 0.335 e. The lowest BCUT2D eigenvalue weighted by atomic mass is 9.69. The van der Waals surface area contributed by atoms with Crippen LogP contribution in [0.1, 0.15) is 116 Å². The molecule has 1 aliphatic carbocycles. The number of halogens is 2. The van der Waals surface area contributed by atoms with Crippen LogP contribution in [0, 0.1) is 16.7 Å². The van der Waals surface area contributed by atoms with Crippen LogP contribution in [0.5, 0.6) is 0 Å². The molecule has 1 atom stereocenters. The molecule has 1 fully saturated rings. The molecule has 1 aliphatic rings. The van der Waals surface area contributed by atoms with Gasteiger partial charge in [-0.1, -0.05) is 83.5 Å². The molecule has 0 saturated heterocycles. The van der Waals surface area contributed by atoms with E-state index >= 15 is 0 Å². The van der Waals surface area contributed by atoms with Gasteiger partial charge < -0.3 is 5.11 Å². The van der Waals surface area contributed by atoms with Crippen LogP contribution in [0.4, 0.5) is 0 Å². The van der Waals surface area contributed by atoms with E-state index in [0.29, 0.717) is 21.5 Å². The van der Waals surface area contributed by atoms with Gasteiger partial charge in [-0.2, -0.15) is 0 Å². The molecular weight excluding hydrogens is 539 g/mol. The average molecular weight is 590 g/mol. The maximum atomic E-state index is 11.5. The van der Waals surface area contributed by atoms with Gasteiger partial charge in [-0.15, -0.1) is 0 Å². The number of benzene rings is 1. The van der Waals surface area contributed by atoms with E-state index in [2.05, 4.69) is 60.1 Å². The molecule has 0 amide bonds.